The van der Waals surface area contributed by atoms with E-state index in [-0.39, 0.29) is 43.6 Å². The molecule has 4 aromatic heterocycles. The van der Waals surface area contributed by atoms with E-state index in [2.05, 4.69) is 30.9 Å². The number of H-pyrrole nitrogens is 2. The zero-order valence-corrected chi connectivity index (χ0v) is 46.4. The maximum atomic E-state index is 12.5. The van der Waals surface area contributed by atoms with Crippen molar-refractivity contribution in [2.75, 3.05) is 66.0 Å². The van der Waals surface area contributed by atoms with Gasteiger partial charge in [-0.1, -0.05) is 70.7 Å². The quantitative estimate of drug-likeness (QED) is 0.0574. The molecule has 77 heavy (non-hydrogen) atoms. The number of aromatic hydroxyl groups is 1. The molecule has 15 nitrogen and oxygen atoms in total. The van der Waals surface area contributed by atoms with Gasteiger partial charge in [-0.05, 0) is 175 Å². The van der Waals surface area contributed by atoms with Gasteiger partial charge in [-0.2, -0.15) is 8.42 Å². The highest BCUT2D eigenvalue weighted by Crippen LogP contribution is 2.41. The summed E-state index contributed by atoms with van der Waals surface area (Å²) < 4.78 is 84.0. The van der Waals surface area contributed by atoms with Crippen molar-refractivity contribution in [3.63, 3.8) is 0 Å². The van der Waals surface area contributed by atoms with Crippen LogP contribution in [0.15, 0.2) is 136 Å². The Hall–Kier alpha value is -6.67. The van der Waals surface area contributed by atoms with Crippen molar-refractivity contribution >= 4 is 73.7 Å². The monoisotopic (exact) mass is 1110 g/mol. The molecule has 0 aliphatic heterocycles. The zero-order chi connectivity index (χ0) is 54.2. The maximum Gasteiger partial charge on any atom is 0.296 e. The number of hydrogen-bond acceptors (Lipinski definition) is 13. The van der Waals surface area contributed by atoms with Gasteiger partial charge in [-0.25, -0.2) is 26.8 Å². The number of ether oxygens (including phenoxy) is 1. The summed E-state index contributed by atoms with van der Waals surface area (Å²) in [5.41, 5.74) is 9.48. The Balaban J connectivity index is 0.000000220. The lowest BCUT2D eigenvalue weighted by Gasteiger charge is -2.13. The molecule has 18 heteroatoms. The lowest BCUT2D eigenvalue weighted by Crippen LogP contribution is -2.16. The van der Waals surface area contributed by atoms with Crippen LogP contribution in [0.25, 0.3) is 66.1 Å². The van der Waals surface area contributed by atoms with Crippen LogP contribution in [0.5, 0.6) is 11.5 Å². The molecule has 5 aromatic carbocycles. The highest BCUT2D eigenvalue weighted by atomic mass is 32.2. The molecule has 0 amide bonds. The first-order chi connectivity index (χ1) is 35.6. The Kier molecular flexibility index (Phi) is 20.8. The molecule has 0 aliphatic rings. The zero-order valence-electron chi connectivity index (χ0n) is 43.9. The molecular weight excluding hydrogens is 1030 g/mol. The number of sulfone groups is 2. The van der Waals surface area contributed by atoms with E-state index in [1.54, 1.807) is 86.8 Å². The number of fused-ring (bicyclic) bond motifs is 6. The van der Waals surface area contributed by atoms with Crippen LogP contribution in [-0.4, -0.2) is 126 Å². The van der Waals surface area contributed by atoms with Gasteiger partial charge in [-0.3, -0.25) is 4.18 Å². The summed E-state index contributed by atoms with van der Waals surface area (Å²) in [5, 5.41) is 14.0. The fourth-order valence-electron chi connectivity index (χ4n) is 8.48. The third-order valence-electron chi connectivity index (χ3n) is 12.5. The number of phenols is 1. The van der Waals surface area contributed by atoms with Gasteiger partial charge in [0.2, 0.25) is 0 Å². The van der Waals surface area contributed by atoms with E-state index < -0.39 is 29.8 Å². The Morgan fingerprint density at radius 3 is 1.51 bits per heavy atom. The predicted octanol–water partition coefficient (Wildman–Crippen LogP) is 11.9. The molecule has 4 heterocycles. The van der Waals surface area contributed by atoms with Gasteiger partial charge in [-0.15, -0.1) is 0 Å². The summed E-state index contributed by atoms with van der Waals surface area (Å²) >= 11 is 0. The number of nitrogens with one attached hydrogen (secondary N) is 2. The van der Waals surface area contributed by atoms with Crippen LogP contribution >= 0.6 is 0 Å². The van der Waals surface area contributed by atoms with Crippen molar-refractivity contribution in [2.24, 2.45) is 0 Å². The number of hydrogen-bond donors (Lipinski definition) is 3. The highest BCUT2D eigenvalue weighted by molar-refractivity contribution is 7.91. The van der Waals surface area contributed by atoms with E-state index in [4.69, 9.17) is 8.92 Å². The van der Waals surface area contributed by atoms with Crippen molar-refractivity contribution in [3.05, 3.63) is 138 Å². The van der Waals surface area contributed by atoms with Crippen molar-refractivity contribution < 1.29 is 39.3 Å². The average Bonchev–Trinajstić information content (AvgIpc) is 3.96. The van der Waals surface area contributed by atoms with Gasteiger partial charge >= 0.3 is 0 Å². The lowest BCUT2D eigenvalue weighted by atomic mass is 9.99. The summed E-state index contributed by atoms with van der Waals surface area (Å²) in [6, 6.07) is 32.2. The van der Waals surface area contributed by atoms with E-state index in [0.717, 1.165) is 96.9 Å². The lowest BCUT2D eigenvalue weighted by molar-refractivity contribution is 0.284. The normalized spacial score (nSPS) is 11.8. The molecule has 0 fully saturated rings. The first-order valence-electron chi connectivity index (χ1n) is 24.7. The van der Waals surface area contributed by atoms with Gasteiger partial charge in [0.05, 0.1) is 50.4 Å². The SMILES string of the molecule is C.C.CCS(=O)(=O)c1cccc(-c2ccc(O)c3[nH]c4ncc(C)cc4c23)c1.CCS(=O)(=O)c1cccc(-c2ccc(OCCCN(C)C)c3[nH]c4ncc(C)cc4c23)c1.Cc1ccc(S(=O)(=O)OCCCN(C)C)cc1. The number of aromatic amines is 2. The van der Waals surface area contributed by atoms with Crippen LogP contribution in [0.3, 0.4) is 0 Å². The first-order valence-corrected chi connectivity index (χ1v) is 29.4. The molecule has 0 unspecified atom stereocenters. The number of aryl methyl sites for hydroxylation is 3. The van der Waals surface area contributed by atoms with Gasteiger partial charge < -0.3 is 29.6 Å². The minimum atomic E-state index is -3.59. The fourth-order valence-corrected chi connectivity index (χ4v) is 11.3. The minimum absolute atomic E-state index is 0. The van der Waals surface area contributed by atoms with Gasteiger partial charge in [0.15, 0.2) is 19.7 Å². The molecule has 0 atom stereocenters. The van der Waals surface area contributed by atoms with E-state index >= 15 is 0 Å². The summed E-state index contributed by atoms with van der Waals surface area (Å²) in [6.45, 7) is 11.8. The van der Waals surface area contributed by atoms with Crippen LogP contribution in [0, 0.1) is 20.8 Å². The molecule has 3 N–H and O–H groups in total. The van der Waals surface area contributed by atoms with E-state index in [9.17, 15) is 30.4 Å². The van der Waals surface area contributed by atoms with Crippen LogP contribution in [0.4, 0.5) is 0 Å². The highest BCUT2D eigenvalue weighted by Gasteiger charge is 2.20. The number of rotatable bonds is 17. The number of aromatic nitrogens is 4. The maximum absolute atomic E-state index is 12.5. The Labute approximate surface area is 455 Å². The van der Waals surface area contributed by atoms with E-state index in [1.165, 1.54) is 0 Å². The van der Waals surface area contributed by atoms with E-state index in [1.807, 2.05) is 96.5 Å². The summed E-state index contributed by atoms with van der Waals surface area (Å²) in [4.78, 5) is 20.5. The molecule has 9 rings (SSSR count). The molecule has 412 valence electrons. The molecule has 0 saturated heterocycles. The topological polar surface area (TPSA) is 205 Å². The molecule has 0 aliphatic carbocycles. The van der Waals surface area contributed by atoms with Crippen LogP contribution < -0.4 is 4.74 Å². The second-order valence-electron chi connectivity index (χ2n) is 18.9. The van der Waals surface area contributed by atoms with Crippen molar-refractivity contribution in [1.82, 2.24) is 29.7 Å². The molecule has 0 bridgehead atoms. The number of nitrogens with zero attached hydrogens (tertiary/aromatic N) is 4. The molecular formula is C59H74N6O9S3. The first kappa shape index (κ1) is 61.2. The van der Waals surface area contributed by atoms with Crippen LogP contribution in [0.1, 0.15) is 58.2 Å². The summed E-state index contributed by atoms with van der Waals surface area (Å²) in [7, 11) is -2.21. The van der Waals surface area contributed by atoms with Gasteiger partial charge in [0.25, 0.3) is 10.1 Å². The number of benzene rings is 5. The van der Waals surface area contributed by atoms with Gasteiger partial charge in [0, 0.05) is 40.5 Å². The second kappa shape index (κ2) is 26.1. The standard InChI is InChI=1S/C25H29N3O3S.C20H18N2O3S.C12H19NO3S.2CH4/c1-5-32(29,30)19-9-6-8-18(15-19)20-10-11-22(31-13-7-12-28(3)4)24-23(20)21-14-17(2)16-26-25(21)27-24;1-3-26(24,25)14-6-4-5-13(10-14)15-7-8-17(23)19-18(15)16-9-12(2)11-21-20(16)22-19;1-11-5-7-12(8-6-11)17(14,15)16-10-4-9-13(2)3;;/h6,8-11,14-16H,5,7,12-13H2,1-4H3,(H,26,27);4-11,23H,3H2,1-2H3,(H,21,22);5-8H,4,9-10H2,1-3H3;2*1H4. The van der Waals surface area contributed by atoms with Crippen molar-refractivity contribution in [3.8, 4) is 33.8 Å². The van der Waals surface area contributed by atoms with Crippen LogP contribution in [0.2, 0.25) is 0 Å². The van der Waals surface area contributed by atoms with E-state index in [0.29, 0.717) is 34.0 Å². The second-order valence-corrected chi connectivity index (χ2v) is 25.1. The summed E-state index contributed by atoms with van der Waals surface area (Å²) in [6.07, 6.45) is 5.22. The fraction of sp³-hybridized carbons (Fsp3) is 0.322. The molecule has 0 spiro atoms. The summed E-state index contributed by atoms with van der Waals surface area (Å²) in [5.74, 6) is 1.03. The molecule has 9 aromatic rings. The van der Waals surface area contributed by atoms with Gasteiger partial charge in [0.1, 0.15) is 22.8 Å². The molecule has 0 radical (unpaired) electrons. The van der Waals surface area contributed by atoms with Crippen molar-refractivity contribution in [2.45, 2.75) is 77.0 Å². The predicted molar refractivity (Wildman–Crippen MR) is 314 cm³/mol. The van der Waals surface area contributed by atoms with Crippen LogP contribution in [-0.2, 0) is 34.0 Å². The third kappa shape index (κ3) is 14.7. The Bertz CT molecular complexity index is 3820. The average molecular weight is 1110 g/mol. The van der Waals surface area contributed by atoms with Crippen molar-refractivity contribution in [1.29, 1.82) is 0 Å². The smallest absolute Gasteiger partial charge is 0.296 e. The number of phenolic OH excluding ortho intramolecular Hbond substituents is 1. The molecule has 0 saturated carbocycles. The number of pyridine rings is 2. The largest absolute Gasteiger partial charge is 0.506 e. The Morgan fingerprint density at radius 1 is 0.545 bits per heavy atom. The minimum Gasteiger partial charge on any atom is -0.506 e. The third-order valence-corrected chi connectivity index (χ3v) is 17.3. The Morgan fingerprint density at radius 2 is 1.01 bits per heavy atom.